The van der Waals surface area contributed by atoms with Crippen molar-refractivity contribution < 1.29 is 24.2 Å². The van der Waals surface area contributed by atoms with Crippen molar-refractivity contribution in [3.63, 3.8) is 0 Å². The summed E-state index contributed by atoms with van der Waals surface area (Å²) in [5.74, 6) is -1.37. The molecule has 2 aliphatic heterocycles. The smallest absolute Gasteiger partial charge is 0.353 e. The Kier molecular flexibility index (Phi) is 4.68. The van der Waals surface area contributed by atoms with Gasteiger partial charge in [-0.1, -0.05) is 29.8 Å². The van der Waals surface area contributed by atoms with Gasteiger partial charge in [0.05, 0.1) is 5.03 Å². The Bertz CT molecular complexity index is 724. The van der Waals surface area contributed by atoms with E-state index in [1.54, 1.807) is 24.3 Å². The number of ether oxygens (including phenoxy) is 1. The van der Waals surface area contributed by atoms with Crippen molar-refractivity contribution in [2.75, 3.05) is 12.4 Å². The van der Waals surface area contributed by atoms with Crippen molar-refractivity contribution in [1.82, 2.24) is 10.2 Å². The maximum absolute atomic E-state index is 12.2. The molecule has 2 amide bonds. The van der Waals surface area contributed by atoms with Crippen molar-refractivity contribution in [2.45, 2.75) is 11.4 Å². The van der Waals surface area contributed by atoms with E-state index >= 15 is 0 Å². The van der Waals surface area contributed by atoms with Crippen LogP contribution in [0.2, 0.25) is 0 Å². The summed E-state index contributed by atoms with van der Waals surface area (Å²) in [4.78, 5) is 36.5. The second-order valence-electron chi connectivity index (χ2n) is 5.12. The fraction of sp³-hybridized carbons (Fsp3) is 0.267. The van der Waals surface area contributed by atoms with Gasteiger partial charge >= 0.3 is 5.97 Å². The molecular formula is C15H13ClN2O5S. The molecule has 0 saturated carbocycles. The first-order chi connectivity index (χ1) is 11.5. The average molecular weight is 369 g/mol. The minimum absolute atomic E-state index is 0.120. The van der Waals surface area contributed by atoms with Gasteiger partial charge in [-0.3, -0.25) is 14.5 Å². The van der Waals surface area contributed by atoms with Crippen LogP contribution in [0.4, 0.5) is 0 Å². The molecule has 0 aromatic heterocycles. The molecule has 1 saturated heterocycles. The molecule has 0 aliphatic carbocycles. The normalized spacial score (nSPS) is 22.5. The van der Waals surface area contributed by atoms with Gasteiger partial charge < -0.3 is 15.2 Å². The van der Waals surface area contributed by atoms with Crippen LogP contribution >= 0.6 is 23.4 Å². The molecular weight excluding hydrogens is 356 g/mol. The summed E-state index contributed by atoms with van der Waals surface area (Å²) in [5, 5.41) is 11.4. The number of hydrogen-bond acceptors (Lipinski definition) is 5. The van der Waals surface area contributed by atoms with Gasteiger partial charge in [-0.15, -0.1) is 11.8 Å². The lowest BCUT2D eigenvalue weighted by atomic mass is 10.1. The molecule has 2 atom stereocenters. The molecule has 24 heavy (non-hydrogen) atoms. The Morgan fingerprint density at radius 1 is 1.38 bits per heavy atom. The van der Waals surface area contributed by atoms with E-state index < -0.39 is 29.2 Å². The molecule has 2 aliphatic rings. The third kappa shape index (κ3) is 3.07. The maximum Gasteiger partial charge on any atom is 0.353 e. The number of halogens is 1. The second kappa shape index (κ2) is 6.74. The van der Waals surface area contributed by atoms with Crippen LogP contribution in [0.5, 0.6) is 5.75 Å². The number of thioether (sulfide) groups is 1. The Morgan fingerprint density at radius 2 is 2.08 bits per heavy atom. The zero-order valence-electron chi connectivity index (χ0n) is 12.3. The van der Waals surface area contributed by atoms with Crippen LogP contribution in [0.1, 0.15) is 0 Å². The number of rotatable bonds is 5. The Balaban J connectivity index is 1.59. The van der Waals surface area contributed by atoms with Gasteiger partial charge in [0, 0.05) is 5.75 Å². The molecule has 3 rings (SSSR count). The zero-order valence-corrected chi connectivity index (χ0v) is 13.8. The van der Waals surface area contributed by atoms with E-state index in [1.165, 1.54) is 11.8 Å². The molecule has 0 unspecified atom stereocenters. The van der Waals surface area contributed by atoms with E-state index in [0.717, 1.165) is 4.90 Å². The number of carbonyl (C=O) groups excluding carboxylic acids is 2. The lowest BCUT2D eigenvalue weighted by Gasteiger charge is -2.48. The average Bonchev–Trinajstić information content (AvgIpc) is 2.58. The summed E-state index contributed by atoms with van der Waals surface area (Å²) in [7, 11) is 0. The number of fused-ring (bicyclic) bond motifs is 1. The molecule has 7 nitrogen and oxygen atoms in total. The third-order valence-electron chi connectivity index (χ3n) is 3.55. The molecule has 9 heteroatoms. The summed E-state index contributed by atoms with van der Waals surface area (Å²) >= 11 is 7.19. The minimum atomic E-state index is -1.25. The van der Waals surface area contributed by atoms with Crippen LogP contribution in [0, 0.1) is 0 Å². The molecule has 0 spiro atoms. The van der Waals surface area contributed by atoms with Gasteiger partial charge in [0.1, 0.15) is 22.9 Å². The standard InChI is InChI=1S/C15H13ClN2O5S/c16-9-7-24-14-11(13(20)18(14)12(9)15(21)22)17-10(19)6-23-8-4-2-1-3-5-8/h1-5,11,14H,6-7H2,(H,17,19)(H,21,22)/t11-,14+/m0/s1. The summed E-state index contributed by atoms with van der Waals surface area (Å²) in [6.07, 6.45) is 0. The van der Waals surface area contributed by atoms with Crippen LogP contribution in [0.3, 0.4) is 0 Å². The molecule has 126 valence electrons. The molecule has 1 fully saturated rings. The zero-order chi connectivity index (χ0) is 17.3. The first kappa shape index (κ1) is 16.7. The number of nitrogens with one attached hydrogen (secondary N) is 1. The van der Waals surface area contributed by atoms with Crippen LogP contribution in [0.25, 0.3) is 0 Å². The Morgan fingerprint density at radius 3 is 2.75 bits per heavy atom. The predicted molar refractivity (Wildman–Crippen MR) is 87.5 cm³/mol. The predicted octanol–water partition coefficient (Wildman–Crippen LogP) is 1.00. The first-order valence-corrected chi connectivity index (χ1v) is 8.45. The molecule has 0 radical (unpaired) electrons. The van der Waals surface area contributed by atoms with Crippen LogP contribution < -0.4 is 10.1 Å². The minimum Gasteiger partial charge on any atom is -0.484 e. The first-order valence-electron chi connectivity index (χ1n) is 7.03. The number of benzene rings is 1. The summed E-state index contributed by atoms with van der Waals surface area (Å²) in [6.45, 7) is -0.229. The number of nitrogens with zero attached hydrogens (tertiary/aromatic N) is 1. The Labute approximate surface area is 146 Å². The number of carboxylic acids is 1. The lowest BCUT2D eigenvalue weighted by Crippen LogP contribution is -2.70. The maximum atomic E-state index is 12.2. The monoisotopic (exact) mass is 368 g/mol. The number of amides is 2. The summed E-state index contributed by atoms with van der Waals surface area (Å²) < 4.78 is 5.32. The topological polar surface area (TPSA) is 95.9 Å². The number of para-hydroxylation sites is 1. The van der Waals surface area contributed by atoms with Gasteiger partial charge in [-0.25, -0.2) is 4.79 Å². The molecule has 0 bridgehead atoms. The number of carbonyl (C=O) groups is 3. The quantitative estimate of drug-likeness (QED) is 0.753. The van der Waals surface area contributed by atoms with E-state index in [9.17, 15) is 19.5 Å². The molecule has 1 aromatic rings. The number of carboxylic acid groups (broad SMARTS) is 1. The Hall–Kier alpha value is -2.19. The summed E-state index contributed by atoms with van der Waals surface area (Å²) in [5.41, 5.74) is -0.212. The highest BCUT2D eigenvalue weighted by atomic mass is 35.5. The van der Waals surface area contributed by atoms with Crippen molar-refractivity contribution in [2.24, 2.45) is 0 Å². The van der Waals surface area contributed by atoms with Crippen LogP contribution in [-0.4, -0.2) is 51.6 Å². The van der Waals surface area contributed by atoms with Crippen molar-refractivity contribution in [1.29, 1.82) is 0 Å². The van der Waals surface area contributed by atoms with E-state index in [-0.39, 0.29) is 23.1 Å². The van der Waals surface area contributed by atoms with Crippen molar-refractivity contribution in [3.8, 4) is 5.75 Å². The van der Waals surface area contributed by atoms with Crippen LogP contribution in [-0.2, 0) is 14.4 Å². The fourth-order valence-electron chi connectivity index (χ4n) is 2.46. The SMILES string of the molecule is O=C(COc1ccccc1)N[C@H]1C(=O)N2C(C(=O)O)=C(Cl)CS[C@H]12. The second-order valence-corrected chi connectivity index (χ2v) is 6.68. The van der Waals surface area contributed by atoms with Gasteiger partial charge in [-0.2, -0.15) is 0 Å². The third-order valence-corrected chi connectivity index (χ3v) is 5.30. The fourth-order valence-corrected chi connectivity index (χ4v) is 4.01. The van der Waals surface area contributed by atoms with Crippen LogP contribution in [0.15, 0.2) is 41.1 Å². The van der Waals surface area contributed by atoms with E-state index in [1.807, 2.05) is 6.07 Å². The number of β-lactam (4-membered cyclic amide) rings is 1. The van der Waals surface area contributed by atoms with Gasteiger partial charge in [-0.05, 0) is 12.1 Å². The highest BCUT2D eigenvalue weighted by Gasteiger charge is 2.54. The largest absolute Gasteiger partial charge is 0.484 e. The van der Waals surface area contributed by atoms with E-state index in [0.29, 0.717) is 5.75 Å². The number of hydrogen-bond donors (Lipinski definition) is 2. The van der Waals surface area contributed by atoms with Gasteiger partial charge in [0.2, 0.25) is 0 Å². The lowest BCUT2D eigenvalue weighted by molar-refractivity contribution is -0.150. The summed E-state index contributed by atoms with van der Waals surface area (Å²) in [6, 6.07) is 8.04. The highest BCUT2D eigenvalue weighted by molar-refractivity contribution is 8.00. The van der Waals surface area contributed by atoms with E-state index in [2.05, 4.69) is 5.32 Å². The van der Waals surface area contributed by atoms with Crippen molar-refractivity contribution in [3.05, 3.63) is 41.1 Å². The highest BCUT2D eigenvalue weighted by Crippen LogP contribution is 2.41. The van der Waals surface area contributed by atoms with Gasteiger partial charge in [0.25, 0.3) is 11.8 Å². The van der Waals surface area contributed by atoms with E-state index in [4.69, 9.17) is 16.3 Å². The number of aliphatic carboxylic acids is 1. The molecule has 2 N–H and O–H groups in total. The molecule has 1 aromatic carbocycles. The molecule has 2 heterocycles. The van der Waals surface area contributed by atoms with Crippen molar-refractivity contribution >= 4 is 41.1 Å². The van der Waals surface area contributed by atoms with Gasteiger partial charge in [0.15, 0.2) is 6.61 Å².